The number of aliphatic carboxylic acids is 1. The van der Waals surface area contributed by atoms with Crippen LogP contribution in [0.25, 0.3) is 0 Å². The van der Waals surface area contributed by atoms with Gasteiger partial charge in [-0.2, -0.15) is 5.10 Å². The molecule has 2 N–H and O–H groups in total. The highest BCUT2D eigenvalue weighted by Crippen LogP contribution is 2.39. The summed E-state index contributed by atoms with van der Waals surface area (Å²) in [6.07, 6.45) is 12.3. The fourth-order valence-electron chi connectivity index (χ4n) is 5.86. The van der Waals surface area contributed by atoms with Crippen LogP contribution in [0.5, 0.6) is 0 Å². The van der Waals surface area contributed by atoms with Crippen LogP contribution in [0.15, 0.2) is 69.2 Å². The van der Waals surface area contributed by atoms with Gasteiger partial charge in [-0.25, -0.2) is 8.78 Å². The van der Waals surface area contributed by atoms with Gasteiger partial charge in [0.25, 0.3) is 5.92 Å². The quantitative estimate of drug-likeness (QED) is 0.0971. The molecule has 1 fully saturated rings. The number of allylic oxidation sites excluding steroid dienone is 5. The third-order valence-electron chi connectivity index (χ3n) is 8.34. The van der Waals surface area contributed by atoms with Gasteiger partial charge in [0.15, 0.2) is 0 Å². The van der Waals surface area contributed by atoms with Crippen molar-refractivity contribution in [3.63, 3.8) is 0 Å². The van der Waals surface area contributed by atoms with E-state index in [4.69, 9.17) is 0 Å². The summed E-state index contributed by atoms with van der Waals surface area (Å²) in [4.78, 5) is 14.0. The van der Waals surface area contributed by atoms with E-state index in [2.05, 4.69) is 59.0 Å². The summed E-state index contributed by atoms with van der Waals surface area (Å²) in [6.45, 7) is 8.16. The zero-order chi connectivity index (χ0) is 30.3. The molecule has 0 bridgehead atoms. The van der Waals surface area contributed by atoms with Crippen molar-refractivity contribution in [3.05, 3.63) is 85.9 Å². The first kappa shape index (κ1) is 32.4. The standard InChI is InChI=1S/C33H43F2IN4O2/c1-23(2)26(13-14-28-8-6-17-37-31(28)36)7-4-5-16-33(34,35)29-15-18-39(22-29)30(32(41)42)27-11-9-25(10-12-27)21-40-20-24(3)19-38-40/h9-14,19-20,29-30,37H,4-8,15-18,21-22H2,1-3H3,(H,41,42)/b14-13-/t29-,30?/m1/s1. The molecule has 2 aliphatic heterocycles. The Morgan fingerprint density at radius 2 is 2.02 bits per heavy atom. The van der Waals surface area contributed by atoms with Crippen molar-refractivity contribution >= 4 is 28.6 Å². The van der Waals surface area contributed by atoms with Gasteiger partial charge >= 0.3 is 5.97 Å². The van der Waals surface area contributed by atoms with Crippen molar-refractivity contribution in [2.75, 3.05) is 19.6 Å². The monoisotopic (exact) mass is 692 g/mol. The number of carbonyl (C=O) groups is 1. The number of carboxylic acid groups (broad SMARTS) is 1. The third kappa shape index (κ3) is 8.75. The smallest absolute Gasteiger partial charge is 0.325 e. The van der Waals surface area contributed by atoms with E-state index >= 15 is 8.78 Å². The molecule has 4 rings (SSSR count). The molecule has 0 amide bonds. The molecule has 9 heteroatoms. The number of halogens is 3. The SMILES string of the molecule is CC(C)=C(/C=C\C1=C(I)NCCC1)CCCCC(F)(F)[C@@H]1CCN(C(C(=O)O)c2ccc(Cn3cc(C)cn3)cc2)C1. The summed E-state index contributed by atoms with van der Waals surface area (Å²) in [5.74, 6) is -4.66. The number of carboxylic acids is 1. The lowest BCUT2D eigenvalue weighted by Crippen LogP contribution is -2.35. The number of hydrogen-bond donors (Lipinski definition) is 2. The number of nitrogens with one attached hydrogen (secondary N) is 1. The van der Waals surface area contributed by atoms with Crippen LogP contribution in [0, 0.1) is 12.8 Å². The van der Waals surface area contributed by atoms with Gasteiger partial charge in [-0.05, 0) is 116 Å². The van der Waals surface area contributed by atoms with E-state index in [1.54, 1.807) is 23.2 Å². The second kappa shape index (κ2) is 14.8. The Balaban J connectivity index is 1.29. The average molecular weight is 693 g/mol. The molecule has 2 atom stereocenters. The number of aromatic nitrogens is 2. The van der Waals surface area contributed by atoms with E-state index in [9.17, 15) is 9.90 Å². The lowest BCUT2D eigenvalue weighted by molar-refractivity contribution is -0.143. The van der Waals surface area contributed by atoms with Gasteiger partial charge in [0.2, 0.25) is 0 Å². The number of nitrogens with zero attached hydrogens (tertiary/aromatic N) is 3. The third-order valence-corrected chi connectivity index (χ3v) is 9.41. The van der Waals surface area contributed by atoms with Crippen molar-refractivity contribution in [2.45, 2.75) is 84.2 Å². The van der Waals surface area contributed by atoms with E-state index in [0.717, 1.165) is 36.9 Å². The Morgan fingerprint density at radius 1 is 1.26 bits per heavy atom. The first-order valence-electron chi connectivity index (χ1n) is 14.9. The Labute approximate surface area is 262 Å². The van der Waals surface area contributed by atoms with E-state index < -0.39 is 23.9 Å². The molecule has 1 unspecified atom stereocenters. The molecule has 42 heavy (non-hydrogen) atoms. The number of aryl methyl sites for hydroxylation is 1. The van der Waals surface area contributed by atoms with E-state index in [1.807, 2.05) is 29.9 Å². The zero-order valence-corrected chi connectivity index (χ0v) is 27.0. The van der Waals surface area contributed by atoms with Crippen molar-refractivity contribution in [3.8, 4) is 0 Å². The fraction of sp³-hybridized carbons (Fsp3) is 0.515. The maximum Gasteiger partial charge on any atom is 0.325 e. The summed E-state index contributed by atoms with van der Waals surface area (Å²) < 4.78 is 33.7. The van der Waals surface area contributed by atoms with Crippen molar-refractivity contribution in [1.29, 1.82) is 0 Å². The Morgan fingerprint density at radius 3 is 2.67 bits per heavy atom. The van der Waals surface area contributed by atoms with E-state index in [0.29, 0.717) is 37.9 Å². The number of likely N-dealkylation sites (tertiary alicyclic amines) is 1. The fourth-order valence-corrected chi connectivity index (χ4v) is 6.58. The van der Waals surface area contributed by atoms with E-state index in [1.165, 1.54) is 20.4 Å². The van der Waals surface area contributed by atoms with Crippen LogP contribution in [0.3, 0.4) is 0 Å². The maximum atomic E-state index is 15.3. The van der Waals surface area contributed by atoms with Gasteiger partial charge in [-0.1, -0.05) is 42.0 Å². The van der Waals surface area contributed by atoms with Crippen molar-refractivity contribution in [2.24, 2.45) is 5.92 Å². The minimum absolute atomic E-state index is 0.0853. The maximum absolute atomic E-state index is 15.3. The molecule has 0 spiro atoms. The molecule has 3 heterocycles. The largest absolute Gasteiger partial charge is 0.480 e. The summed E-state index contributed by atoms with van der Waals surface area (Å²) in [6, 6.07) is 6.45. The number of benzene rings is 1. The van der Waals surface area contributed by atoms with Crippen LogP contribution in [-0.2, 0) is 11.3 Å². The molecule has 1 saturated heterocycles. The predicted octanol–water partition coefficient (Wildman–Crippen LogP) is 7.81. The number of unbranched alkanes of at least 4 members (excludes halogenated alkanes) is 1. The minimum Gasteiger partial charge on any atom is -0.480 e. The second-order valence-corrected chi connectivity index (χ2v) is 13.0. The average Bonchev–Trinajstić information content (AvgIpc) is 3.59. The number of rotatable bonds is 13. The Kier molecular flexibility index (Phi) is 11.4. The lowest BCUT2D eigenvalue weighted by Gasteiger charge is -2.27. The van der Waals surface area contributed by atoms with Crippen LogP contribution in [0.4, 0.5) is 8.78 Å². The minimum atomic E-state index is -2.82. The molecular weight excluding hydrogens is 649 g/mol. The van der Waals surface area contributed by atoms with Crippen LogP contribution in [0.1, 0.15) is 81.5 Å². The van der Waals surface area contributed by atoms with Gasteiger partial charge in [0.05, 0.1) is 16.4 Å². The number of hydrogen-bond acceptors (Lipinski definition) is 4. The molecule has 0 saturated carbocycles. The number of alkyl halides is 2. The van der Waals surface area contributed by atoms with Crippen LogP contribution in [-0.4, -0.2) is 51.3 Å². The highest BCUT2D eigenvalue weighted by atomic mass is 127. The molecule has 2 aliphatic rings. The molecule has 0 aliphatic carbocycles. The van der Waals surface area contributed by atoms with Crippen molar-refractivity contribution < 1.29 is 18.7 Å². The topological polar surface area (TPSA) is 70.4 Å². The first-order valence-corrected chi connectivity index (χ1v) is 16.0. The molecule has 6 nitrogen and oxygen atoms in total. The summed E-state index contributed by atoms with van der Waals surface area (Å²) in [7, 11) is 0. The Hall–Kier alpha value is -2.53. The molecular formula is C33H43F2IN4O2. The summed E-state index contributed by atoms with van der Waals surface area (Å²) in [5.41, 5.74) is 6.42. The second-order valence-electron chi connectivity index (χ2n) is 11.9. The molecule has 1 aromatic heterocycles. The summed E-state index contributed by atoms with van der Waals surface area (Å²) in [5, 5.41) is 17.7. The van der Waals surface area contributed by atoms with Crippen molar-refractivity contribution in [1.82, 2.24) is 20.0 Å². The normalized spacial score (nSPS) is 18.9. The lowest BCUT2D eigenvalue weighted by atomic mass is 9.94. The van der Waals surface area contributed by atoms with Gasteiger partial charge in [-0.3, -0.25) is 14.4 Å². The first-order chi connectivity index (χ1) is 20.0. The van der Waals surface area contributed by atoms with Gasteiger partial charge < -0.3 is 10.4 Å². The molecule has 0 radical (unpaired) electrons. The zero-order valence-electron chi connectivity index (χ0n) is 24.9. The van der Waals surface area contributed by atoms with Crippen LogP contribution < -0.4 is 5.32 Å². The highest BCUT2D eigenvalue weighted by Gasteiger charge is 2.45. The van der Waals surface area contributed by atoms with E-state index in [-0.39, 0.29) is 13.0 Å². The van der Waals surface area contributed by atoms with Crippen LogP contribution in [0.2, 0.25) is 0 Å². The molecule has 2 aromatic rings. The highest BCUT2D eigenvalue weighted by molar-refractivity contribution is 14.1. The Bertz CT molecular complexity index is 1310. The van der Waals surface area contributed by atoms with Gasteiger partial charge in [-0.15, -0.1) is 0 Å². The van der Waals surface area contributed by atoms with Gasteiger partial charge in [0.1, 0.15) is 6.04 Å². The summed E-state index contributed by atoms with van der Waals surface area (Å²) >= 11 is 2.34. The molecule has 228 valence electrons. The molecule has 1 aromatic carbocycles. The predicted molar refractivity (Wildman–Crippen MR) is 172 cm³/mol. The van der Waals surface area contributed by atoms with Crippen LogP contribution >= 0.6 is 22.6 Å². The van der Waals surface area contributed by atoms with Gasteiger partial charge in [0, 0.05) is 31.6 Å².